The Labute approximate surface area is 118 Å². The van der Waals surface area contributed by atoms with Gasteiger partial charge in [-0.2, -0.15) is 0 Å². The third kappa shape index (κ3) is 3.92. The number of fused-ring (bicyclic) bond motifs is 1. The smallest absolute Gasteiger partial charge is 0.231 e. The van der Waals surface area contributed by atoms with Crippen LogP contribution in [0, 0.1) is 0 Å². The van der Waals surface area contributed by atoms with E-state index < -0.39 is 0 Å². The zero-order valence-electron chi connectivity index (χ0n) is 10.9. The van der Waals surface area contributed by atoms with Crippen LogP contribution in [0.15, 0.2) is 12.1 Å². The molecule has 1 aliphatic rings. The first-order valence-corrected chi connectivity index (χ1v) is 6.19. The molecule has 0 aliphatic carbocycles. The Hall–Kier alpha value is -1.62. The van der Waals surface area contributed by atoms with Gasteiger partial charge in [0.2, 0.25) is 12.7 Å². The standard InChI is InChI=1S/C13H18N2O3.ClH/c1-2-3-4-5-13(16)15-10-7-12-11(6-9(10)14)17-8-18-12;/h6-7H,2-5,8,14H2,1H3,(H,15,16);1H. The molecular weight excluding hydrogens is 268 g/mol. The molecule has 1 heterocycles. The number of nitrogens with two attached hydrogens (primary N) is 1. The molecule has 0 fully saturated rings. The van der Waals surface area contributed by atoms with Crippen LogP contribution in [-0.2, 0) is 4.79 Å². The fraction of sp³-hybridized carbons (Fsp3) is 0.462. The van der Waals surface area contributed by atoms with E-state index in [1.54, 1.807) is 12.1 Å². The Kier molecular flexibility index (Phi) is 5.76. The fourth-order valence-corrected chi connectivity index (χ4v) is 1.81. The number of carbonyl (C=O) groups is 1. The number of nitrogen functional groups attached to an aromatic ring is 1. The van der Waals surface area contributed by atoms with Gasteiger partial charge in [0.25, 0.3) is 0 Å². The molecule has 1 aromatic rings. The summed E-state index contributed by atoms with van der Waals surface area (Å²) in [5.41, 5.74) is 6.92. The number of unbranched alkanes of at least 4 members (excludes halogenated alkanes) is 2. The van der Waals surface area contributed by atoms with E-state index in [0.29, 0.717) is 29.3 Å². The van der Waals surface area contributed by atoms with Crippen LogP contribution < -0.4 is 20.5 Å². The summed E-state index contributed by atoms with van der Waals surface area (Å²) in [5.74, 6) is 1.22. The molecule has 19 heavy (non-hydrogen) atoms. The highest BCUT2D eigenvalue weighted by molar-refractivity contribution is 5.94. The maximum absolute atomic E-state index is 11.7. The lowest BCUT2D eigenvalue weighted by molar-refractivity contribution is -0.116. The predicted octanol–water partition coefficient (Wildman–Crippen LogP) is 2.94. The Morgan fingerprint density at radius 3 is 2.68 bits per heavy atom. The number of anilines is 2. The highest BCUT2D eigenvalue weighted by Gasteiger charge is 2.16. The average Bonchev–Trinajstić information content (AvgIpc) is 2.77. The number of hydrogen-bond donors (Lipinski definition) is 2. The van der Waals surface area contributed by atoms with Crippen molar-refractivity contribution in [3.63, 3.8) is 0 Å². The van der Waals surface area contributed by atoms with Crippen molar-refractivity contribution >= 4 is 29.7 Å². The number of hydrogen-bond acceptors (Lipinski definition) is 4. The van der Waals surface area contributed by atoms with E-state index in [9.17, 15) is 4.79 Å². The third-order valence-corrected chi connectivity index (χ3v) is 2.83. The fourth-order valence-electron chi connectivity index (χ4n) is 1.81. The van der Waals surface area contributed by atoms with Crippen LogP contribution in [0.5, 0.6) is 11.5 Å². The van der Waals surface area contributed by atoms with Crippen LogP contribution in [-0.4, -0.2) is 12.7 Å². The Morgan fingerprint density at radius 2 is 2.00 bits per heavy atom. The summed E-state index contributed by atoms with van der Waals surface area (Å²) in [6.45, 7) is 2.30. The summed E-state index contributed by atoms with van der Waals surface area (Å²) < 4.78 is 10.4. The normalized spacial score (nSPS) is 11.8. The zero-order valence-corrected chi connectivity index (χ0v) is 11.7. The lowest BCUT2D eigenvalue weighted by Gasteiger charge is -2.09. The first-order chi connectivity index (χ1) is 8.70. The van der Waals surface area contributed by atoms with E-state index in [1.807, 2.05) is 0 Å². The summed E-state index contributed by atoms with van der Waals surface area (Å²) in [6.07, 6.45) is 3.57. The molecule has 6 heteroatoms. The molecule has 0 saturated heterocycles. The van der Waals surface area contributed by atoms with Gasteiger partial charge in [-0.15, -0.1) is 12.4 Å². The molecule has 3 N–H and O–H groups in total. The van der Waals surface area contributed by atoms with Crippen LogP contribution in [0.2, 0.25) is 0 Å². The number of benzene rings is 1. The van der Waals surface area contributed by atoms with Crippen LogP contribution in [0.1, 0.15) is 32.6 Å². The number of halogens is 1. The molecule has 0 radical (unpaired) electrons. The molecular formula is C13H19ClN2O3. The molecule has 0 spiro atoms. The highest BCUT2D eigenvalue weighted by Crippen LogP contribution is 2.38. The van der Waals surface area contributed by atoms with Crippen LogP contribution in [0.4, 0.5) is 11.4 Å². The molecule has 0 saturated carbocycles. The van der Waals surface area contributed by atoms with E-state index in [2.05, 4.69) is 12.2 Å². The molecule has 0 bridgehead atoms. The minimum Gasteiger partial charge on any atom is -0.454 e. The maximum Gasteiger partial charge on any atom is 0.231 e. The van der Waals surface area contributed by atoms with E-state index in [1.165, 1.54) is 0 Å². The summed E-state index contributed by atoms with van der Waals surface area (Å²) >= 11 is 0. The molecule has 0 atom stereocenters. The van der Waals surface area contributed by atoms with Gasteiger partial charge in [-0.1, -0.05) is 19.8 Å². The summed E-state index contributed by atoms with van der Waals surface area (Å²) in [5, 5.41) is 2.80. The van der Waals surface area contributed by atoms with Crippen molar-refractivity contribution in [2.45, 2.75) is 32.6 Å². The number of nitrogens with one attached hydrogen (secondary N) is 1. The number of amides is 1. The Balaban J connectivity index is 0.00000180. The molecule has 1 amide bonds. The quantitative estimate of drug-likeness (QED) is 0.645. The van der Waals surface area contributed by atoms with Crippen molar-refractivity contribution < 1.29 is 14.3 Å². The second-order valence-corrected chi connectivity index (χ2v) is 4.30. The van der Waals surface area contributed by atoms with Crippen LogP contribution >= 0.6 is 12.4 Å². The number of ether oxygens (including phenoxy) is 2. The summed E-state index contributed by atoms with van der Waals surface area (Å²) in [4.78, 5) is 11.7. The molecule has 1 aliphatic heterocycles. The second-order valence-electron chi connectivity index (χ2n) is 4.30. The van der Waals surface area contributed by atoms with Crippen molar-refractivity contribution in [1.82, 2.24) is 0 Å². The first kappa shape index (κ1) is 15.4. The van der Waals surface area contributed by atoms with Crippen LogP contribution in [0.3, 0.4) is 0 Å². The van der Waals surface area contributed by atoms with E-state index >= 15 is 0 Å². The molecule has 5 nitrogen and oxygen atoms in total. The van der Waals surface area contributed by atoms with Gasteiger partial charge in [-0.05, 0) is 6.42 Å². The van der Waals surface area contributed by atoms with Gasteiger partial charge < -0.3 is 20.5 Å². The van der Waals surface area contributed by atoms with Crippen molar-refractivity contribution in [1.29, 1.82) is 0 Å². The first-order valence-electron chi connectivity index (χ1n) is 6.19. The SMILES string of the molecule is CCCCCC(=O)Nc1cc2c(cc1N)OCO2.Cl. The monoisotopic (exact) mass is 286 g/mol. The van der Waals surface area contributed by atoms with Gasteiger partial charge in [0.1, 0.15) is 0 Å². The van der Waals surface area contributed by atoms with Crippen molar-refractivity contribution in [2.24, 2.45) is 0 Å². The number of rotatable bonds is 5. The largest absolute Gasteiger partial charge is 0.454 e. The van der Waals surface area contributed by atoms with Crippen LogP contribution in [0.25, 0.3) is 0 Å². The zero-order chi connectivity index (χ0) is 13.0. The lowest BCUT2D eigenvalue weighted by atomic mass is 10.2. The maximum atomic E-state index is 11.7. The van der Waals surface area contributed by atoms with Gasteiger partial charge >= 0.3 is 0 Å². The highest BCUT2D eigenvalue weighted by atomic mass is 35.5. The minimum atomic E-state index is -0.0194. The minimum absolute atomic E-state index is 0. The van der Waals surface area contributed by atoms with E-state index in [4.69, 9.17) is 15.2 Å². The Bertz CT molecular complexity index is 452. The summed E-state index contributed by atoms with van der Waals surface area (Å²) in [6, 6.07) is 3.37. The Morgan fingerprint density at radius 1 is 1.32 bits per heavy atom. The van der Waals surface area contributed by atoms with E-state index in [0.717, 1.165) is 19.3 Å². The van der Waals surface area contributed by atoms with Gasteiger partial charge in [-0.3, -0.25) is 4.79 Å². The third-order valence-electron chi connectivity index (χ3n) is 2.83. The molecule has 0 unspecified atom stereocenters. The molecule has 0 aromatic heterocycles. The van der Waals surface area contributed by atoms with Crippen molar-refractivity contribution in [3.05, 3.63) is 12.1 Å². The predicted molar refractivity (Wildman–Crippen MR) is 77.0 cm³/mol. The van der Waals surface area contributed by atoms with Gasteiger partial charge in [0.05, 0.1) is 11.4 Å². The second kappa shape index (κ2) is 7.09. The number of carbonyl (C=O) groups excluding carboxylic acids is 1. The molecule has 106 valence electrons. The summed E-state index contributed by atoms with van der Waals surface area (Å²) in [7, 11) is 0. The van der Waals surface area contributed by atoms with E-state index in [-0.39, 0.29) is 25.1 Å². The van der Waals surface area contributed by atoms with Crippen molar-refractivity contribution in [3.8, 4) is 11.5 Å². The van der Waals surface area contributed by atoms with Gasteiger partial charge in [0, 0.05) is 18.6 Å². The topological polar surface area (TPSA) is 73.6 Å². The van der Waals surface area contributed by atoms with Crippen molar-refractivity contribution in [2.75, 3.05) is 17.8 Å². The van der Waals surface area contributed by atoms with Gasteiger partial charge in [-0.25, -0.2) is 0 Å². The van der Waals surface area contributed by atoms with Gasteiger partial charge in [0.15, 0.2) is 11.5 Å². The molecule has 2 rings (SSSR count). The molecule has 1 aromatic carbocycles. The lowest BCUT2D eigenvalue weighted by Crippen LogP contribution is -2.12. The average molecular weight is 287 g/mol.